The highest BCUT2D eigenvalue weighted by atomic mass is 31.2. The monoisotopic (exact) mass is 197 g/mol. The lowest BCUT2D eigenvalue weighted by Gasteiger charge is -2.27. The zero-order chi connectivity index (χ0) is 9.83. The van der Waals surface area contributed by atoms with Crippen LogP contribution in [0.4, 0.5) is 0 Å². The van der Waals surface area contributed by atoms with Crippen molar-refractivity contribution in [1.29, 1.82) is 0 Å². The van der Waals surface area contributed by atoms with Crippen LogP contribution in [0.25, 0.3) is 0 Å². The molecule has 0 heterocycles. The highest BCUT2D eigenvalue weighted by Crippen LogP contribution is 2.46. The van der Waals surface area contributed by atoms with Gasteiger partial charge in [0.15, 0.2) is 0 Å². The summed E-state index contributed by atoms with van der Waals surface area (Å²) >= 11 is 0. The molecule has 0 aliphatic carbocycles. The van der Waals surface area contributed by atoms with Gasteiger partial charge >= 0.3 is 7.82 Å². The Morgan fingerprint density at radius 2 is 2.17 bits per heavy atom. The van der Waals surface area contributed by atoms with Crippen molar-refractivity contribution in [3.05, 3.63) is 0 Å². The quantitative estimate of drug-likeness (QED) is 0.639. The summed E-state index contributed by atoms with van der Waals surface area (Å²) in [6.45, 7) is 3.66. The maximum Gasteiger partial charge on any atom is 0.472 e. The van der Waals surface area contributed by atoms with Gasteiger partial charge in [-0.05, 0) is 13.3 Å². The van der Waals surface area contributed by atoms with Crippen molar-refractivity contribution in [2.75, 3.05) is 13.7 Å². The molecule has 0 saturated heterocycles. The molecule has 12 heavy (non-hydrogen) atoms. The third-order valence-corrected chi connectivity index (χ3v) is 2.88. The van der Waals surface area contributed by atoms with Crippen molar-refractivity contribution in [2.24, 2.45) is 5.73 Å². The van der Waals surface area contributed by atoms with Crippen molar-refractivity contribution in [3.8, 4) is 0 Å². The van der Waals surface area contributed by atoms with Crippen LogP contribution in [0.1, 0.15) is 20.3 Å². The second kappa shape index (κ2) is 4.35. The van der Waals surface area contributed by atoms with E-state index in [0.717, 1.165) is 7.11 Å². The van der Waals surface area contributed by atoms with Crippen LogP contribution in [-0.2, 0) is 13.6 Å². The number of hydrogen-bond acceptors (Lipinski definition) is 4. The van der Waals surface area contributed by atoms with Crippen molar-refractivity contribution < 1.29 is 18.5 Å². The molecule has 0 saturated carbocycles. The summed E-state index contributed by atoms with van der Waals surface area (Å²) in [5.74, 6) is 0. The summed E-state index contributed by atoms with van der Waals surface area (Å²) < 4.78 is 20.1. The summed E-state index contributed by atoms with van der Waals surface area (Å²) in [6.07, 6.45) is 0.553. The molecule has 2 unspecified atom stereocenters. The van der Waals surface area contributed by atoms with E-state index in [1.807, 2.05) is 6.92 Å². The van der Waals surface area contributed by atoms with Crippen LogP contribution >= 0.6 is 7.82 Å². The van der Waals surface area contributed by atoms with E-state index in [0.29, 0.717) is 6.42 Å². The fourth-order valence-electron chi connectivity index (χ4n) is 0.562. The molecule has 0 aromatic carbocycles. The fourth-order valence-corrected chi connectivity index (χ4v) is 1.40. The van der Waals surface area contributed by atoms with E-state index in [1.165, 1.54) is 0 Å². The maximum absolute atomic E-state index is 11.0. The Morgan fingerprint density at radius 3 is 2.42 bits per heavy atom. The predicted molar refractivity (Wildman–Crippen MR) is 45.7 cm³/mol. The number of phosphoric acid groups is 1. The normalized spacial score (nSPS) is 21.4. The Morgan fingerprint density at radius 1 is 1.67 bits per heavy atom. The molecular weight excluding hydrogens is 181 g/mol. The summed E-state index contributed by atoms with van der Waals surface area (Å²) in [5.41, 5.74) is 4.58. The van der Waals surface area contributed by atoms with Gasteiger partial charge in [0.1, 0.15) is 0 Å². The molecule has 0 aromatic rings. The molecule has 0 spiro atoms. The Hall–Kier alpha value is 0.0700. The second-order valence-corrected chi connectivity index (χ2v) is 4.23. The van der Waals surface area contributed by atoms with E-state index in [2.05, 4.69) is 4.52 Å². The Kier molecular flexibility index (Phi) is 4.37. The van der Waals surface area contributed by atoms with E-state index >= 15 is 0 Å². The number of rotatable bonds is 5. The van der Waals surface area contributed by atoms with E-state index in [4.69, 9.17) is 15.2 Å². The van der Waals surface area contributed by atoms with Gasteiger partial charge in [0.25, 0.3) is 0 Å². The molecule has 0 aromatic heterocycles. The van der Waals surface area contributed by atoms with Gasteiger partial charge in [-0.3, -0.25) is 9.05 Å². The molecule has 2 atom stereocenters. The lowest BCUT2D eigenvalue weighted by atomic mass is 10.1. The first-order valence-corrected chi connectivity index (χ1v) is 5.18. The predicted octanol–water partition coefficient (Wildman–Crippen LogP) is 0.877. The standard InChI is InChI=1S/C6H16NO4P/c1-4-6(2,5-7)11-12(8,9)10-3/h4-5,7H2,1-3H3,(H,8,9). The molecular formula is C6H16NO4P. The van der Waals surface area contributed by atoms with Crippen LogP contribution in [0.2, 0.25) is 0 Å². The van der Waals surface area contributed by atoms with Gasteiger partial charge in [0.05, 0.1) is 5.60 Å². The molecule has 0 bridgehead atoms. The minimum Gasteiger partial charge on any atom is -0.328 e. The topological polar surface area (TPSA) is 81.8 Å². The third kappa shape index (κ3) is 3.65. The molecule has 0 rings (SSSR count). The lowest BCUT2D eigenvalue weighted by Crippen LogP contribution is -2.35. The van der Waals surface area contributed by atoms with E-state index in [1.54, 1.807) is 6.92 Å². The lowest BCUT2D eigenvalue weighted by molar-refractivity contribution is 0.0459. The maximum atomic E-state index is 11.0. The van der Waals surface area contributed by atoms with Gasteiger partial charge in [0, 0.05) is 13.7 Å². The van der Waals surface area contributed by atoms with Crippen molar-refractivity contribution in [3.63, 3.8) is 0 Å². The van der Waals surface area contributed by atoms with E-state index in [9.17, 15) is 4.57 Å². The van der Waals surface area contributed by atoms with Crippen molar-refractivity contribution in [2.45, 2.75) is 25.9 Å². The molecule has 0 radical (unpaired) electrons. The molecule has 74 valence electrons. The van der Waals surface area contributed by atoms with E-state index < -0.39 is 13.4 Å². The smallest absolute Gasteiger partial charge is 0.328 e. The third-order valence-electron chi connectivity index (χ3n) is 1.75. The van der Waals surface area contributed by atoms with Gasteiger partial charge in [-0.15, -0.1) is 0 Å². The SMILES string of the molecule is CCC(C)(CN)OP(=O)(O)OC. The molecule has 5 nitrogen and oxygen atoms in total. The average molecular weight is 197 g/mol. The molecule has 0 aliphatic heterocycles. The van der Waals surface area contributed by atoms with Crippen LogP contribution < -0.4 is 5.73 Å². The molecule has 0 amide bonds. The zero-order valence-electron chi connectivity index (χ0n) is 7.61. The Balaban J connectivity index is 4.30. The summed E-state index contributed by atoms with van der Waals surface area (Å²) in [7, 11) is -2.79. The van der Waals surface area contributed by atoms with Gasteiger partial charge in [0.2, 0.25) is 0 Å². The molecule has 0 fully saturated rings. The molecule has 6 heteroatoms. The van der Waals surface area contributed by atoms with Crippen LogP contribution in [0, 0.1) is 0 Å². The summed E-state index contributed by atoms with van der Waals surface area (Å²) in [5, 5.41) is 0. The summed E-state index contributed by atoms with van der Waals surface area (Å²) in [4.78, 5) is 8.98. The van der Waals surface area contributed by atoms with Crippen LogP contribution in [0.3, 0.4) is 0 Å². The first kappa shape index (κ1) is 12.1. The van der Waals surface area contributed by atoms with Crippen molar-refractivity contribution >= 4 is 7.82 Å². The largest absolute Gasteiger partial charge is 0.472 e. The fraction of sp³-hybridized carbons (Fsp3) is 1.00. The molecule has 0 aliphatic rings. The Bertz CT molecular complexity index is 180. The van der Waals surface area contributed by atoms with Crippen molar-refractivity contribution in [1.82, 2.24) is 0 Å². The second-order valence-electron chi connectivity index (χ2n) is 2.75. The van der Waals surface area contributed by atoms with Gasteiger partial charge in [-0.1, -0.05) is 6.92 Å². The number of nitrogens with two attached hydrogens (primary N) is 1. The number of hydrogen-bond donors (Lipinski definition) is 2. The minimum absolute atomic E-state index is 0.178. The first-order valence-electron chi connectivity index (χ1n) is 3.68. The summed E-state index contributed by atoms with van der Waals surface area (Å²) in [6, 6.07) is 0. The Labute approximate surface area is 72.5 Å². The minimum atomic E-state index is -3.91. The van der Waals surface area contributed by atoms with Gasteiger partial charge in [-0.25, -0.2) is 4.57 Å². The first-order chi connectivity index (χ1) is 5.39. The van der Waals surface area contributed by atoms with Crippen LogP contribution in [-0.4, -0.2) is 24.1 Å². The zero-order valence-corrected chi connectivity index (χ0v) is 8.51. The van der Waals surface area contributed by atoms with Gasteiger partial charge in [-0.2, -0.15) is 0 Å². The van der Waals surface area contributed by atoms with Crippen LogP contribution in [0.15, 0.2) is 0 Å². The van der Waals surface area contributed by atoms with Gasteiger partial charge < -0.3 is 10.6 Å². The number of phosphoric ester groups is 1. The highest BCUT2D eigenvalue weighted by Gasteiger charge is 2.32. The van der Waals surface area contributed by atoms with Crippen LogP contribution in [0.5, 0.6) is 0 Å². The molecule has 3 N–H and O–H groups in total. The van der Waals surface area contributed by atoms with E-state index in [-0.39, 0.29) is 6.54 Å². The average Bonchev–Trinajstić information content (AvgIpc) is 2.04. The highest BCUT2D eigenvalue weighted by molar-refractivity contribution is 7.47.